The van der Waals surface area contributed by atoms with Gasteiger partial charge in [-0.2, -0.15) is 5.10 Å². The van der Waals surface area contributed by atoms with Crippen molar-refractivity contribution in [2.75, 3.05) is 7.05 Å². The summed E-state index contributed by atoms with van der Waals surface area (Å²) in [5.41, 5.74) is 8.25. The fraction of sp³-hybridized carbons (Fsp3) is 0.179. The number of ketones is 1. The van der Waals surface area contributed by atoms with Crippen LogP contribution in [0.25, 0.3) is 5.82 Å². The number of aromatic nitrogens is 3. The van der Waals surface area contributed by atoms with Crippen molar-refractivity contribution in [3.63, 3.8) is 0 Å². The molecule has 0 aliphatic rings. The third kappa shape index (κ3) is 6.74. The Morgan fingerprint density at radius 2 is 1.59 bits per heavy atom. The van der Waals surface area contributed by atoms with E-state index in [2.05, 4.69) is 32.4 Å². The Morgan fingerprint density at radius 3 is 2.27 bits per heavy atom. The van der Waals surface area contributed by atoms with Crippen LogP contribution in [-0.2, 0) is 29.1 Å². The van der Waals surface area contributed by atoms with Crippen molar-refractivity contribution < 1.29 is 14.4 Å². The second kappa shape index (κ2) is 11.9. The number of pyridine rings is 1. The van der Waals surface area contributed by atoms with E-state index >= 15 is 0 Å². The number of nitrogens with one attached hydrogen (secondary N) is 1. The molecule has 0 fully saturated rings. The maximum Gasteiger partial charge on any atom is 0.287 e. The average Bonchev–Trinajstić information content (AvgIpc) is 3.37. The van der Waals surface area contributed by atoms with Crippen molar-refractivity contribution in [2.45, 2.75) is 25.6 Å². The summed E-state index contributed by atoms with van der Waals surface area (Å²) in [6.45, 7) is 1.37. The molecular weight excluding hydrogens is 468 g/mol. The van der Waals surface area contributed by atoms with Crippen LogP contribution in [0.15, 0.2) is 91.3 Å². The molecule has 1 atom stereocenters. The van der Waals surface area contributed by atoms with E-state index in [1.54, 1.807) is 24.5 Å². The third-order valence-corrected chi connectivity index (χ3v) is 5.77. The number of hydrogen-bond acceptors (Lipinski definition) is 6. The number of carbonyl (C=O) groups is 3. The number of hydrogen-bond donors (Lipinski definition) is 2. The molecule has 2 amide bonds. The first-order chi connectivity index (χ1) is 17.9. The Kier molecular flexibility index (Phi) is 8.17. The zero-order chi connectivity index (χ0) is 26.2. The first-order valence-electron chi connectivity index (χ1n) is 11.8. The fourth-order valence-corrected chi connectivity index (χ4v) is 4.02. The summed E-state index contributed by atoms with van der Waals surface area (Å²) in [5, 5.41) is 7.27. The van der Waals surface area contributed by atoms with Crippen molar-refractivity contribution in [3.05, 3.63) is 114 Å². The maximum atomic E-state index is 13.2. The van der Waals surface area contributed by atoms with Crippen LogP contribution in [0.2, 0.25) is 0 Å². The van der Waals surface area contributed by atoms with E-state index < -0.39 is 23.6 Å². The fourth-order valence-electron chi connectivity index (χ4n) is 4.02. The van der Waals surface area contributed by atoms with Crippen molar-refractivity contribution in [3.8, 4) is 5.82 Å². The summed E-state index contributed by atoms with van der Waals surface area (Å²) in [5.74, 6) is -2.23. The minimum atomic E-state index is -1.11. The second-order valence-electron chi connectivity index (χ2n) is 8.73. The molecule has 188 valence electrons. The van der Waals surface area contributed by atoms with E-state index in [1.165, 1.54) is 10.2 Å². The van der Waals surface area contributed by atoms with Crippen LogP contribution in [-0.4, -0.2) is 50.4 Å². The van der Waals surface area contributed by atoms with Gasteiger partial charge in [-0.1, -0.05) is 60.7 Å². The molecular formula is C28H28N6O3. The zero-order valence-electron chi connectivity index (χ0n) is 20.4. The van der Waals surface area contributed by atoms with E-state index in [9.17, 15) is 14.4 Å². The molecule has 9 heteroatoms. The van der Waals surface area contributed by atoms with Crippen LogP contribution in [0.1, 0.15) is 27.2 Å². The van der Waals surface area contributed by atoms with Gasteiger partial charge in [-0.15, -0.1) is 0 Å². The Bertz CT molecular complexity index is 1370. The minimum Gasteiger partial charge on any atom is -0.363 e. The summed E-state index contributed by atoms with van der Waals surface area (Å²) >= 11 is 0. The Labute approximate surface area is 214 Å². The summed E-state index contributed by atoms with van der Waals surface area (Å²) in [7, 11) is 2.01. The molecule has 2 heterocycles. The molecule has 0 spiro atoms. The SMILES string of the molecule is CN(Cc1ccccc1)Cc1ccn(-c2ncccc2C(=O)NC(Cc2ccccc2)C(=O)C(N)=O)n1. The van der Waals surface area contributed by atoms with Crippen LogP contribution in [0.3, 0.4) is 0 Å². The van der Waals surface area contributed by atoms with Crippen molar-refractivity contribution in [1.82, 2.24) is 25.0 Å². The van der Waals surface area contributed by atoms with Gasteiger partial charge in [-0.3, -0.25) is 19.3 Å². The quantitative estimate of drug-likeness (QED) is 0.307. The van der Waals surface area contributed by atoms with E-state index in [-0.39, 0.29) is 12.0 Å². The van der Waals surface area contributed by atoms with Crippen molar-refractivity contribution in [1.29, 1.82) is 0 Å². The second-order valence-corrected chi connectivity index (χ2v) is 8.73. The molecule has 0 aliphatic heterocycles. The number of carbonyl (C=O) groups excluding carboxylic acids is 3. The van der Waals surface area contributed by atoms with Gasteiger partial charge in [0, 0.05) is 31.9 Å². The van der Waals surface area contributed by atoms with E-state index in [0.29, 0.717) is 12.4 Å². The smallest absolute Gasteiger partial charge is 0.287 e. The lowest BCUT2D eigenvalue weighted by Gasteiger charge is -2.17. The predicted molar refractivity (Wildman–Crippen MR) is 139 cm³/mol. The minimum absolute atomic E-state index is 0.129. The average molecular weight is 497 g/mol. The van der Waals surface area contributed by atoms with Gasteiger partial charge < -0.3 is 11.1 Å². The summed E-state index contributed by atoms with van der Waals surface area (Å²) in [6, 6.07) is 23.2. The lowest BCUT2D eigenvalue weighted by atomic mass is 10.0. The summed E-state index contributed by atoms with van der Waals surface area (Å²) < 4.78 is 1.53. The molecule has 2 aromatic carbocycles. The third-order valence-electron chi connectivity index (χ3n) is 5.77. The number of primary amides is 1. The number of rotatable bonds is 11. The Hall–Kier alpha value is -4.63. The van der Waals surface area contributed by atoms with E-state index in [0.717, 1.165) is 17.8 Å². The first kappa shape index (κ1) is 25.5. The molecule has 1 unspecified atom stereocenters. The van der Waals surface area contributed by atoms with Gasteiger partial charge in [0.2, 0.25) is 5.78 Å². The summed E-state index contributed by atoms with van der Waals surface area (Å²) in [4.78, 5) is 43.9. The number of benzene rings is 2. The predicted octanol–water partition coefficient (Wildman–Crippen LogP) is 2.29. The molecule has 3 N–H and O–H groups in total. The highest BCUT2D eigenvalue weighted by atomic mass is 16.2. The van der Waals surface area contributed by atoms with E-state index in [4.69, 9.17) is 5.73 Å². The van der Waals surface area contributed by atoms with Crippen LogP contribution in [0.4, 0.5) is 0 Å². The molecule has 4 rings (SSSR count). The van der Waals surface area contributed by atoms with Crippen molar-refractivity contribution in [2.24, 2.45) is 5.73 Å². The largest absolute Gasteiger partial charge is 0.363 e. The molecule has 0 aliphatic carbocycles. The lowest BCUT2D eigenvalue weighted by molar-refractivity contribution is -0.137. The van der Waals surface area contributed by atoms with Crippen molar-refractivity contribution >= 4 is 17.6 Å². The molecule has 9 nitrogen and oxygen atoms in total. The Morgan fingerprint density at radius 1 is 0.919 bits per heavy atom. The van der Waals surface area contributed by atoms with Gasteiger partial charge >= 0.3 is 0 Å². The lowest BCUT2D eigenvalue weighted by Crippen LogP contribution is -2.47. The number of Topliss-reactive ketones (excluding diaryl/α,β-unsaturated/α-hetero) is 1. The monoisotopic (exact) mass is 496 g/mol. The van der Waals surface area contributed by atoms with Gasteiger partial charge in [0.15, 0.2) is 5.82 Å². The first-order valence-corrected chi connectivity index (χ1v) is 11.8. The van der Waals surface area contributed by atoms with Crippen LogP contribution in [0.5, 0.6) is 0 Å². The molecule has 0 bridgehead atoms. The summed E-state index contributed by atoms with van der Waals surface area (Å²) in [6.07, 6.45) is 3.43. The molecule has 4 aromatic rings. The number of amides is 2. The molecule has 0 saturated carbocycles. The van der Waals surface area contributed by atoms with E-state index in [1.807, 2.05) is 61.6 Å². The molecule has 2 aromatic heterocycles. The highest BCUT2D eigenvalue weighted by Gasteiger charge is 2.27. The van der Waals surface area contributed by atoms with Crippen LogP contribution >= 0.6 is 0 Å². The van der Waals surface area contributed by atoms with Crippen LogP contribution in [0, 0.1) is 0 Å². The number of nitrogens with two attached hydrogens (primary N) is 1. The number of nitrogens with zero attached hydrogens (tertiary/aromatic N) is 4. The zero-order valence-corrected chi connectivity index (χ0v) is 20.4. The molecule has 0 radical (unpaired) electrons. The molecule has 0 saturated heterocycles. The topological polar surface area (TPSA) is 123 Å². The van der Waals surface area contributed by atoms with Gasteiger partial charge in [-0.05, 0) is 36.4 Å². The highest BCUT2D eigenvalue weighted by molar-refractivity contribution is 6.38. The standard InChI is InChI=1S/C28H28N6O3/c1-33(18-21-11-6-3-7-12-21)19-22-14-16-34(32-22)27-23(13-8-15-30-27)28(37)31-24(25(35)26(29)36)17-20-9-4-2-5-10-20/h2-16,24H,17-19H2,1H3,(H2,29,36)(H,31,37). The van der Waals surface area contributed by atoms with Gasteiger partial charge in [0.1, 0.15) is 6.04 Å². The maximum absolute atomic E-state index is 13.2. The van der Waals surface area contributed by atoms with Gasteiger partial charge in [-0.25, -0.2) is 9.67 Å². The molecule has 37 heavy (non-hydrogen) atoms. The van der Waals surface area contributed by atoms with Gasteiger partial charge in [0.05, 0.1) is 11.3 Å². The Balaban J connectivity index is 1.50. The van der Waals surface area contributed by atoms with Gasteiger partial charge in [0.25, 0.3) is 11.8 Å². The van der Waals surface area contributed by atoms with Crippen LogP contribution < -0.4 is 11.1 Å². The highest BCUT2D eigenvalue weighted by Crippen LogP contribution is 2.14. The normalized spacial score (nSPS) is 11.7.